The molecular formula is C15H23N3O2. The van der Waals surface area contributed by atoms with E-state index in [4.69, 9.17) is 9.47 Å². The van der Waals surface area contributed by atoms with Crippen LogP contribution in [0.2, 0.25) is 0 Å². The van der Waals surface area contributed by atoms with Crippen LogP contribution in [0.25, 0.3) is 0 Å². The first-order chi connectivity index (χ1) is 9.69. The van der Waals surface area contributed by atoms with Gasteiger partial charge in [0.15, 0.2) is 0 Å². The zero-order valence-corrected chi connectivity index (χ0v) is 12.6. The van der Waals surface area contributed by atoms with Crippen LogP contribution in [-0.4, -0.2) is 63.0 Å². The number of hydrogen-bond acceptors (Lipinski definition) is 5. The highest BCUT2D eigenvalue weighted by Crippen LogP contribution is 2.32. The second-order valence-electron chi connectivity index (χ2n) is 5.00. The largest absolute Gasteiger partial charge is 0.486 e. The summed E-state index contributed by atoms with van der Waals surface area (Å²) in [6.45, 7) is 6.88. The van der Waals surface area contributed by atoms with Crippen LogP contribution in [0.1, 0.15) is 6.42 Å². The summed E-state index contributed by atoms with van der Waals surface area (Å²) in [5, 5.41) is 0. The Morgan fingerprint density at radius 3 is 2.75 bits per heavy atom. The fourth-order valence-corrected chi connectivity index (χ4v) is 2.27. The first-order valence-electron chi connectivity index (χ1n) is 6.91. The molecule has 110 valence electrons. The molecular weight excluding hydrogens is 254 g/mol. The average molecular weight is 277 g/mol. The van der Waals surface area contributed by atoms with Gasteiger partial charge in [0.2, 0.25) is 11.6 Å². The van der Waals surface area contributed by atoms with E-state index in [2.05, 4.69) is 35.5 Å². The van der Waals surface area contributed by atoms with Gasteiger partial charge in [-0.15, -0.1) is 0 Å². The first-order valence-corrected chi connectivity index (χ1v) is 6.91. The third-order valence-corrected chi connectivity index (χ3v) is 3.23. The highest BCUT2D eigenvalue weighted by molar-refractivity contribution is 6.13. The number of aliphatic imine (C=N–C) groups is 1. The van der Waals surface area contributed by atoms with Gasteiger partial charge in [-0.25, -0.2) is 0 Å². The molecule has 2 heterocycles. The van der Waals surface area contributed by atoms with Gasteiger partial charge in [-0.3, -0.25) is 4.99 Å². The molecule has 0 saturated carbocycles. The van der Waals surface area contributed by atoms with E-state index in [1.807, 2.05) is 6.08 Å². The van der Waals surface area contributed by atoms with Gasteiger partial charge in [0.25, 0.3) is 0 Å². The molecule has 2 aliphatic rings. The van der Waals surface area contributed by atoms with Crippen LogP contribution in [-0.2, 0) is 9.47 Å². The first kappa shape index (κ1) is 14.7. The molecule has 5 heteroatoms. The van der Waals surface area contributed by atoms with Crippen molar-refractivity contribution in [3.8, 4) is 0 Å². The molecule has 5 nitrogen and oxygen atoms in total. The zero-order valence-electron chi connectivity index (χ0n) is 12.6. The van der Waals surface area contributed by atoms with Gasteiger partial charge in [0, 0.05) is 26.6 Å². The number of allylic oxidation sites excluding steroid dienone is 2. The second kappa shape index (κ2) is 6.61. The molecule has 0 aliphatic carbocycles. The van der Waals surface area contributed by atoms with E-state index in [1.54, 1.807) is 13.1 Å². The molecule has 2 aliphatic heterocycles. The lowest BCUT2D eigenvalue weighted by Gasteiger charge is -2.24. The molecule has 0 saturated heterocycles. The van der Waals surface area contributed by atoms with E-state index >= 15 is 0 Å². The maximum absolute atomic E-state index is 5.89. The van der Waals surface area contributed by atoms with Crippen LogP contribution < -0.4 is 0 Å². The molecule has 0 radical (unpaired) electrons. The third kappa shape index (κ3) is 2.88. The lowest BCUT2D eigenvalue weighted by atomic mass is 10.2. The molecule has 0 atom stereocenters. The summed E-state index contributed by atoms with van der Waals surface area (Å²) in [5.41, 5.74) is 1.84. The fraction of sp³-hybridized carbons (Fsp3) is 0.533. The van der Waals surface area contributed by atoms with E-state index in [9.17, 15) is 0 Å². The summed E-state index contributed by atoms with van der Waals surface area (Å²) in [5.74, 6) is 1.55. The lowest BCUT2D eigenvalue weighted by Crippen LogP contribution is -2.30. The molecule has 0 aromatic carbocycles. The molecule has 0 N–H and O–H groups in total. The van der Waals surface area contributed by atoms with Crippen LogP contribution >= 0.6 is 0 Å². The van der Waals surface area contributed by atoms with Gasteiger partial charge in [0.05, 0.1) is 18.9 Å². The average Bonchev–Trinajstić information content (AvgIpc) is 2.57. The Morgan fingerprint density at radius 1 is 1.35 bits per heavy atom. The van der Waals surface area contributed by atoms with Crippen molar-refractivity contribution in [3.05, 3.63) is 36.1 Å². The predicted octanol–water partition coefficient (Wildman–Crippen LogP) is 1.61. The van der Waals surface area contributed by atoms with Crippen LogP contribution in [0.5, 0.6) is 0 Å². The zero-order chi connectivity index (χ0) is 14.5. The Balaban J connectivity index is 2.35. The van der Waals surface area contributed by atoms with Crippen LogP contribution in [0, 0.1) is 0 Å². The Hall–Kier alpha value is -1.75. The highest BCUT2D eigenvalue weighted by Gasteiger charge is 2.36. The summed E-state index contributed by atoms with van der Waals surface area (Å²) in [6.07, 6.45) is 4.63. The molecule has 2 rings (SSSR count). The minimum Gasteiger partial charge on any atom is -0.486 e. The minimum absolute atomic E-state index is 0.667. The monoisotopic (exact) mass is 277 g/mol. The molecule has 0 unspecified atom stereocenters. The Bertz CT molecular complexity index is 464. The topological polar surface area (TPSA) is 37.3 Å². The number of ether oxygens (including phenoxy) is 2. The summed E-state index contributed by atoms with van der Waals surface area (Å²) in [4.78, 5) is 8.65. The maximum Gasteiger partial charge on any atom is 0.240 e. The van der Waals surface area contributed by atoms with E-state index in [0.29, 0.717) is 13.2 Å². The van der Waals surface area contributed by atoms with Gasteiger partial charge < -0.3 is 19.3 Å². The normalized spacial score (nSPS) is 22.9. The van der Waals surface area contributed by atoms with Crippen molar-refractivity contribution in [2.24, 2.45) is 4.99 Å². The number of likely N-dealkylation sites (N-methyl/N-ethyl adjacent to an activating group) is 1. The molecule has 0 amide bonds. The SMILES string of the molecule is C=C/C=C1\C(=NC)C2=C(OCCCO2)N1CCN(C)C. The lowest BCUT2D eigenvalue weighted by molar-refractivity contribution is 0.136. The van der Waals surface area contributed by atoms with E-state index in [-0.39, 0.29) is 0 Å². The van der Waals surface area contributed by atoms with Gasteiger partial charge in [-0.05, 0) is 20.2 Å². The van der Waals surface area contributed by atoms with E-state index in [0.717, 1.165) is 42.6 Å². The van der Waals surface area contributed by atoms with Crippen molar-refractivity contribution in [3.63, 3.8) is 0 Å². The second-order valence-corrected chi connectivity index (χ2v) is 5.00. The Kier molecular flexibility index (Phi) is 4.84. The van der Waals surface area contributed by atoms with Crippen molar-refractivity contribution in [2.45, 2.75) is 6.42 Å². The summed E-state index contributed by atoms with van der Waals surface area (Å²) in [6, 6.07) is 0. The molecule has 20 heavy (non-hydrogen) atoms. The fourth-order valence-electron chi connectivity index (χ4n) is 2.27. The maximum atomic E-state index is 5.89. The van der Waals surface area contributed by atoms with Gasteiger partial charge in [0.1, 0.15) is 5.71 Å². The van der Waals surface area contributed by atoms with Crippen LogP contribution in [0.4, 0.5) is 0 Å². The Morgan fingerprint density at radius 2 is 2.10 bits per heavy atom. The summed E-state index contributed by atoms with van der Waals surface area (Å²) < 4.78 is 11.7. The standard InChI is InChI=1S/C15H23N3O2/c1-5-7-12-13(16-2)14-15(20-11-6-10-19-14)18(12)9-8-17(3)4/h5,7H,1,6,8-11H2,2-4H3/b12-7+,16-13?. The van der Waals surface area contributed by atoms with Crippen LogP contribution in [0.15, 0.2) is 41.1 Å². The van der Waals surface area contributed by atoms with E-state index < -0.39 is 0 Å². The van der Waals surface area contributed by atoms with Gasteiger partial charge >= 0.3 is 0 Å². The van der Waals surface area contributed by atoms with E-state index in [1.165, 1.54) is 0 Å². The van der Waals surface area contributed by atoms with Crippen molar-refractivity contribution < 1.29 is 9.47 Å². The molecule has 0 bridgehead atoms. The van der Waals surface area contributed by atoms with Crippen molar-refractivity contribution in [2.75, 3.05) is 47.4 Å². The molecule has 0 spiro atoms. The third-order valence-electron chi connectivity index (χ3n) is 3.23. The predicted molar refractivity (Wildman–Crippen MR) is 80.4 cm³/mol. The number of nitrogens with zero attached hydrogens (tertiary/aromatic N) is 3. The van der Waals surface area contributed by atoms with Crippen molar-refractivity contribution in [1.29, 1.82) is 0 Å². The summed E-state index contributed by atoms with van der Waals surface area (Å²) in [7, 11) is 5.89. The van der Waals surface area contributed by atoms with Crippen molar-refractivity contribution >= 4 is 5.71 Å². The summed E-state index contributed by atoms with van der Waals surface area (Å²) >= 11 is 0. The van der Waals surface area contributed by atoms with Crippen molar-refractivity contribution in [1.82, 2.24) is 9.80 Å². The van der Waals surface area contributed by atoms with Gasteiger partial charge in [-0.2, -0.15) is 0 Å². The minimum atomic E-state index is 0.667. The number of hydrogen-bond donors (Lipinski definition) is 0. The number of rotatable bonds is 4. The molecule has 0 aromatic rings. The van der Waals surface area contributed by atoms with Crippen LogP contribution in [0.3, 0.4) is 0 Å². The quantitative estimate of drug-likeness (QED) is 0.782. The smallest absolute Gasteiger partial charge is 0.240 e. The molecule has 0 aromatic heterocycles. The molecule has 0 fully saturated rings. The highest BCUT2D eigenvalue weighted by atomic mass is 16.5. The van der Waals surface area contributed by atoms with Gasteiger partial charge in [-0.1, -0.05) is 12.7 Å². The Labute approximate surface area is 120 Å².